The Morgan fingerprint density at radius 3 is 2.67 bits per heavy atom. The number of imide groups is 1. The molecule has 1 saturated carbocycles. The lowest BCUT2D eigenvalue weighted by Crippen LogP contribution is -2.51. The Hall–Kier alpha value is -2.41. The topological polar surface area (TPSA) is 98.7 Å². The number of likely N-dealkylation sites (tertiary alicyclic amines) is 1. The van der Waals surface area contributed by atoms with Crippen LogP contribution >= 0.6 is 0 Å². The lowest BCUT2D eigenvalue weighted by Gasteiger charge is -2.40. The molecule has 0 radical (unpaired) electrons. The third-order valence-electron chi connectivity index (χ3n) is 6.59. The lowest BCUT2D eigenvalue weighted by atomic mass is 9.72. The molecule has 2 heterocycles. The van der Waals surface area contributed by atoms with Crippen LogP contribution in [-0.4, -0.2) is 46.5 Å². The number of aliphatic hydroxyl groups excluding tert-OH is 1. The van der Waals surface area contributed by atoms with E-state index in [0.717, 1.165) is 12.0 Å². The largest absolute Gasteiger partial charge is 0.393 e. The van der Waals surface area contributed by atoms with E-state index in [1.165, 1.54) is 0 Å². The molecule has 2 saturated heterocycles. The highest BCUT2D eigenvalue weighted by atomic mass is 16.3. The van der Waals surface area contributed by atoms with Gasteiger partial charge in [0, 0.05) is 30.6 Å². The Bertz CT molecular complexity index is 778. The van der Waals surface area contributed by atoms with E-state index in [4.69, 9.17) is 0 Å². The zero-order valence-corrected chi connectivity index (χ0v) is 15.4. The first-order valence-corrected chi connectivity index (χ1v) is 9.65. The monoisotopic (exact) mass is 371 g/mol. The normalized spacial score (nSPS) is 32.5. The molecular formula is C20H25N3O4. The quantitative estimate of drug-likeness (QED) is 0.705. The Kier molecular flexibility index (Phi) is 4.42. The predicted molar refractivity (Wildman–Crippen MR) is 99.0 cm³/mol. The number of aliphatic hydroxyl groups is 1. The van der Waals surface area contributed by atoms with Gasteiger partial charge in [0.25, 0.3) is 0 Å². The molecule has 1 unspecified atom stereocenters. The van der Waals surface area contributed by atoms with E-state index in [1.54, 1.807) is 17.0 Å². The van der Waals surface area contributed by atoms with Gasteiger partial charge in [-0.15, -0.1) is 0 Å². The summed E-state index contributed by atoms with van der Waals surface area (Å²) in [4.78, 5) is 38.3. The minimum atomic E-state index is -0.694. The molecule has 7 heteroatoms. The second-order valence-electron chi connectivity index (χ2n) is 7.84. The highest BCUT2D eigenvalue weighted by Crippen LogP contribution is 2.41. The zero-order valence-electron chi connectivity index (χ0n) is 15.4. The molecule has 1 aromatic rings. The minimum absolute atomic E-state index is 0.145. The molecule has 144 valence electrons. The van der Waals surface area contributed by atoms with Crippen LogP contribution < -0.4 is 10.6 Å². The first-order valence-electron chi connectivity index (χ1n) is 9.65. The molecule has 4 rings (SSSR count). The highest BCUT2D eigenvalue weighted by molar-refractivity contribution is 6.03. The fourth-order valence-corrected chi connectivity index (χ4v) is 4.74. The molecule has 0 spiro atoms. The molecule has 2 aliphatic heterocycles. The van der Waals surface area contributed by atoms with E-state index in [0.29, 0.717) is 37.9 Å². The van der Waals surface area contributed by atoms with Crippen molar-refractivity contribution in [2.24, 2.45) is 5.92 Å². The van der Waals surface area contributed by atoms with E-state index in [1.807, 2.05) is 19.1 Å². The number of carbonyl (C=O) groups excluding carboxylic acids is 3. The smallest absolute Gasteiger partial charge is 0.322 e. The SMILES string of the molecule is CCC1(c2ccc(NC(=O)N3CC[C@@H]4[C@@H](O)C[C@@H]43)cc2)CCC(=O)NC1=O. The van der Waals surface area contributed by atoms with Gasteiger partial charge in [0.15, 0.2) is 0 Å². The van der Waals surface area contributed by atoms with Crippen molar-refractivity contribution in [1.29, 1.82) is 0 Å². The standard InChI is InChI=1S/C20H25N3O4/c1-2-20(9-7-17(25)22-18(20)26)12-3-5-13(6-4-12)21-19(27)23-10-8-14-15(23)11-16(14)24/h3-6,14-16,24H,2,7-11H2,1H3,(H,21,27)(H,22,25,26)/t14-,15-,16-,20?/m0/s1. The third-order valence-corrected chi connectivity index (χ3v) is 6.59. The molecule has 27 heavy (non-hydrogen) atoms. The number of rotatable bonds is 3. The molecule has 3 aliphatic rings. The molecule has 3 fully saturated rings. The summed E-state index contributed by atoms with van der Waals surface area (Å²) in [6.07, 6.45) is 2.68. The number of hydrogen-bond acceptors (Lipinski definition) is 4. The number of anilines is 1. The second-order valence-corrected chi connectivity index (χ2v) is 7.84. The number of hydrogen-bond donors (Lipinski definition) is 3. The van der Waals surface area contributed by atoms with E-state index in [2.05, 4.69) is 10.6 Å². The summed E-state index contributed by atoms with van der Waals surface area (Å²) in [5.74, 6) is -0.252. The Labute approximate surface area is 158 Å². The van der Waals surface area contributed by atoms with Crippen molar-refractivity contribution in [1.82, 2.24) is 10.2 Å². The van der Waals surface area contributed by atoms with Crippen LogP contribution in [0, 0.1) is 5.92 Å². The van der Waals surface area contributed by atoms with Crippen LogP contribution in [0.15, 0.2) is 24.3 Å². The summed E-state index contributed by atoms with van der Waals surface area (Å²) in [5.41, 5.74) is 0.836. The maximum atomic E-state index is 12.5. The summed E-state index contributed by atoms with van der Waals surface area (Å²) in [5, 5.41) is 15.1. The predicted octanol–water partition coefficient (Wildman–Crippen LogP) is 1.76. The summed E-state index contributed by atoms with van der Waals surface area (Å²) >= 11 is 0. The first kappa shape index (κ1) is 18.0. The fourth-order valence-electron chi connectivity index (χ4n) is 4.74. The molecule has 1 aliphatic carbocycles. The number of amides is 4. The van der Waals surface area contributed by atoms with E-state index in [-0.39, 0.29) is 35.9 Å². The molecule has 1 aromatic carbocycles. The Morgan fingerprint density at radius 1 is 1.33 bits per heavy atom. The number of nitrogens with one attached hydrogen (secondary N) is 2. The van der Waals surface area contributed by atoms with Gasteiger partial charge in [-0.25, -0.2) is 4.79 Å². The average Bonchev–Trinajstić information content (AvgIpc) is 3.00. The van der Waals surface area contributed by atoms with E-state index < -0.39 is 5.41 Å². The van der Waals surface area contributed by atoms with E-state index >= 15 is 0 Å². The van der Waals surface area contributed by atoms with Crippen LogP contribution in [0.3, 0.4) is 0 Å². The molecular weight excluding hydrogens is 346 g/mol. The van der Waals surface area contributed by atoms with Crippen LogP contribution in [0.4, 0.5) is 10.5 Å². The average molecular weight is 371 g/mol. The highest BCUT2D eigenvalue weighted by Gasteiger charge is 2.49. The second kappa shape index (κ2) is 6.64. The molecule has 4 amide bonds. The fraction of sp³-hybridized carbons (Fsp3) is 0.550. The number of piperidine rings is 1. The number of benzene rings is 1. The zero-order chi connectivity index (χ0) is 19.2. The minimum Gasteiger partial charge on any atom is -0.393 e. The first-order chi connectivity index (χ1) is 12.9. The summed E-state index contributed by atoms with van der Waals surface area (Å²) in [6, 6.07) is 7.32. The van der Waals surface area contributed by atoms with Crippen molar-refractivity contribution in [3.63, 3.8) is 0 Å². The van der Waals surface area contributed by atoms with E-state index in [9.17, 15) is 19.5 Å². The van der Waals surface area contributed by atoms with Crippen molar-refractivity contribution < 1.29 is 19.5 Å². The number of carbonyl (C=O) groups is 3. The van der Waals surface area contributed by atoms with Crippen LogP contribution in [0.1, 0.15) is 44.6 Å². The molecule has 4 atom stereocenters. The van der Waals surface area contributed by atoms with Gasteiger partial charge < -0.3 is 15.3 Å². The lowest BCUT2D eigenvalue weighted by molar-refractivity contribution is -0.138. The summed E-state index contributed by atoms with van der Waals surface area (Å²) in [7, 11) is 0. The van der Waals surface area contributed by atoms with Gasteiger partial charge in [0.1, 0.15) is 0 Å². The summed E-state index contributed by atoms with van der Waals surface area (Å²) in [6.45, 7) is 2.62. The van der Waals surface area contributed by atoms with Gasteiger partial charge in [-0.3, -0.25) is 14.9 Å². The molecule has 0 bridgehead atoms. The van der Waals surface area contributed by atoms with Crippen LogP contribution in [0.5, 0.6) is 0 Å². The molecule has 0 aromatic heterocycles. The van der Waals surface area contributed by atoms with Gasteiger partial charge in [-0.05, 0) is 43.4 Å². The van der Waals surface area contributed by atoms with Gasteiger partial charge >= 0.3 is 6.03 Å². The number of urea groups is 1. The van der Waals surface area contributed by atoms with Gasteiger partial charge in [-0.1, -0.05) is 19.1 Å². The number of nitrogens with zero attached hydrogens (tertiary/aromatic N) is 1. The Balaban J connectivity index is 1.45. The van der Waals surface area contributed by atoms with Crippen molar-refractivity contribution in [2.45, 2.75) is 56.6 Å². The third kappa shape index (κ3) is 2.90. The van der Waals surface area contributed by atoms with Crippen LogP contribution in [0.2, 0.25) is 0 Å². The van der Waals surface area contributed by atoms with Gasteiger partial charge in [0.05, 0.1) is 11.5 Å². The molecule has 7 nitrogen and oxygen atoms in total. The number of fused-ring (bicyclic) bond motifs is 1. The van der Waals surface area contributed by atoms with Gasteiger partial charge in [-0.2, -0.15) is 0 Å². The summed E-state index contributed by atoms with van der Waals surface area (Å²) < 4.78 is 0. The maximum absolute atomic E-state index is 12.5. The van der Waals surface area contributed by atoms with Crippen molar-refractivity contribution in [3.05, 3.63) is 29.8 Å². The van der Waals surface area contributed by atoms with Crippen molar-refractivity contribution in [2.75, 3.05) is 11.9 Å². The maximum Gasteiger partial charge on any atom is 0.322 e. The Morgan fingerprint density at radius 2 is 2.07 bits per heavy atom. The van der Waals surface area contributed by atoms with Crippen molar-refractivity contribution >= 4 is 23.5 Å². The molecule has 3 N–H and O–H groups in total. The van der Waals surface area contributed by atoms with Crippen LogP contribution in [-0.2, 0) is 15.0 Å². The van der Waals surface area contributed by atoms with Gasteiger partial charge in [0.2, 0.25) is 11.8 Å². The van der Waals surface area contributed by atoms with Crippen molar-refractivity contribution in [3.8, 4) is 0 Å². The van der Waals surface area contributed by atoms with Crippen LogP contribution in [0.25, 0.3) is 0 Å².